The highest BCUT2D eigenvalue weighted by Gasteiger charge is 2.69. The number of aliphatic carboxylic acids is 1. The number of aliphatic hydroxyl groups is 10. The number of carboxylic acid groups (broad SMARTS) is 1. The average Bonchev–Trinajstić information content (AvgIpc) is 3.42. The summed E-state index contributed by atoms with van der Waals surface area (Å²) in [4.78, 5) is 37.0. The largest absolute Gasteiger partial charge is 0.481 e. The maximum absolute atomic E-state index is 14.2. The lowest BCUT2D eigenvalue weighted by molar-refractivity contribution is -0.378. The molecule has 1 unspecified atom stereocenters. The summed E-state index contributed by atoms with van der Waals surface area (Å²) in [7, 11) is 0. The molecule has 2 bridgehead atoms. The van der Waals surface area contributed by atoms with Crippen molar-refractivity contribution >= 4 is 17.9 Å². The van der Waals surface area contributed by atoms with E-state index in [4.69, 9.17) is 38.3 Å². The molecule has 352 valence electrons. The number of esters is 2. The molecule has 21 atom stereocenters. The molecule has 62 heavy (non-hydrogen) atoms. The maximum atomic E-state index is 14.2. The van der Waals surface area contributed by atoms with Crippen LogP contribution in [0.5, 0.6) is 0 Å². The standard InChI is InChI=1S/C41H62O21/c1-17-12-40-9-5-21-38(2,7-4-8-39(21,3)37(55)61-35-32(54)28(50)25(47)18(13-42)57-35)22(40)6-10-41(17,16-40)62-36-33(30(52)26(48)19(14-43)58-36)60-34-31(53)29(51)27(49)20(59-34)15-56-24(46)11-23(44)45/h18-22,25-36,42-43,47-54H,1,4-16H2,2-3H3,(H,44,45)/t18-,19-,20-,21+,22+,25-,26-,27-,28+,29+,30+,31-,32-,33-,34+,35+,36+,38-,39-,40-,41?/m1/s1. The smallest absolute Gasteiger partial charge is 0.317 e. The molecule has 1 spiro atoms. The highest BCUT2D eigenvalue weighted by molar-refractivity contribution is 5.90. The SMILES string of the molecule is C=C1C[C@@]23CC[C@H]4[C@@](C)(CCC[C@@]4(C)C(=O)O[C@@H]4O[C@H](CO)[C@@H](O)[C@H](O)[C@H]4O)[C@@H]2CCC1(O[C@@H]1O[C@H](CO)[C@@H](O)[C@H](O)[C@H]1O[C@@H]1O[C@H](COC(=O)CC(=O)O)[C@@H](O)[C@H](O)[C@H]1O)C3. The van der Waals surface area contributed by atoms with Crippen molar-refractivity contribution in [2.75, 3.05) is 19.8 Å². The van der Waals surface area contributed by atoms with Gasteiger partial charge in [0.2, 0.25) is 6.29 Å². The first-order chi connectivity index (χ1) is 29.1. The van der Waals surface area contributed by atoms with Crippen LogP contribution in [-0.4, -0.2) is 192 Å². The molecule has 3 heterocycles. The van der Waals surface area contributed by atoms with Gasteiger partial charge in [-0.25, -0.2) is 0 Å². The Morgan fingerprint density at radius 1 is 0.710 bits per heavy atom. The first kappa shape index (κ1) is 47.5. The second-order valence-electron chi connectivity index (χ2n) is 19.1. The zero-order chi connectivity index (χ0) is 45.3. The van der Waals surface area contributed by atoms with Crippen LogP contribution in [0, 0.1) is 28.1 Å². The summed E-state index contributed by atoms with van der Waals surface area (Å²) in [5.41, 5.74) is -2.07. The number of carboxylic acids is 1. The molecule has 11 N–H and O–H groups in total. The number of hydrogen-bond acceptors (Lipinski definition) is 20. The van der Waals surface area contributed by atoms with Crippen LogP contribution in [0.25, 0.3) is 0 Å². The number of fused-ring (bicyclic) bond motifs is 3. The van der Waals surface area contributed by atoms with E-state index in [1.165, 1.54) is 0 Å². The lowest BCUT2D eigenvalue weighted by atomic mass is 9.41. The molecule has 4 aliphatic carbocycles. The fraction of sp³-hybridized carbons (Fsp3) is 0.878. The summed E-state index contributed by atoms with van der Waals surface area (Å²) in [5, 5.41) is 114. The summed E-state index contributed by atoms with van der Waals surface area (Å²) in [6.07, 6.45) is -20.7. The second-order valence-corrected chi connectivity index (χ2v) is 19.1. The van der Waals surface area contributed by atoms with Crippen molar-refractivity contribution in [2.45, 2.75) is 176 Å². The normalized spacial score (nSPS) is 50.3. The van der Waals surface area contributed by atoms with Crippen molar-refractivity contribution in [1.82, 2.24) is 0 Å². The molecular formula is C41H62O21. The number of ether oxygens (including phenoxy) is 7. The van der Waals surface area contributed by atoms with Crippen molar-refractivity contribution < 1.29 is 104 Å². The lowest BCUT2D eigenvalue weighted by Gasteiger charge is -2.64. The molecule has 0 aromatic heterocycles. The van der Waals surface area contributed by atoms with E-state index in [2.05, 4.69) is 13.5 Å². The summed E-state index contributed by atoms with van der Waals surface area (Å²) in [6, 6.07) is 0. The molecule has 7 fully saturated rings. The van der Waals surface area contributed by atoms with E-state index < -0.39 is 147 Å². The van der Waals surface area contributed by atoms with E-state index >= 15 is 0 Å². The summed E-state index contributed by atoms with van der Waals surface area (Å²) < 4.78 is 40.7. The number of rotatable bonds is 12. The van der Waals surface area contributed by atoms with E-state index in [1.54, 1.807) is 0 Å². The van der Waals surface area contributed by atoms with Crippen LogP contribution in [0.1, 0.15) is 78.1 Å². The van der Waals surface area contributed by atoms with Gasteiger partial charge in [-0.1, -0.05) is 19.9 Å². The summed E-state index contributed by atoms with van der Waals surface area (Å²) in [6.45, 7) is 6.36. The van der Waals surface area contributed by atoms with Crippen molar-refractivity contribution in [3.63, 3.8) is 0 Å². The van der Waals surface area contributed by atoms with Gasteiger partial charge in [0, 0.05) is 0 Å². The van der Waals surface area contributed by atoms with Crippen molar-refractivity contribution in [3.8, 4) is 0 Å². The van der Waals surface area contributed by atoms with Crippen LogP contribution in [-0.2, 0) is 47.5 Å². The van der Waals surface area contributed by atoms with Crippen LogP contribution in [0.15, 0.2) is 12.2 Å². The third-order valence-electron chi connectivity index (χ3n) is 15.5. The minimum atomic E-state index is -1.94. The Labute approximate surface area is 357 Å². The van der Waals surface area contributed by atoms with Crippen LogP contribution in [0.3, 0.4) is 0 Å². The third kappa shape index (κ3) is 8.12. The Hall–Kier alpha value is -2.45. The monoisotopic (exact) mass is 890 g/mol. The van der Waals surface area contributed by atoms with Crippen molar-refractivity contribution in [2.24, 2.45) is 28.1 Å². The van der Waals surface area contributed by atoms with Gasteiger partial charge in [0.15, 0.2) is 12.6 Å². The highest BCUT2D eigenvalue weighted by atomic mass is 16.8. The Balaban J connectivity index is 1.08. The molecule has 3 saturated heterocycles. The topological polar surface area (TPSA) is 338 Å². The molecule has 7 aliphatic rings. The number of aliphatic hydroxyl groups excluding tert-OH is 10. The molecule has 4 saturated carbocycles. The molecule has 21 heteroatoms. The first-order valence-corrected chi connectivity index (χ1v) is 21.4. The van der Waals surface area contributed by atoms with Gasteiger partial charge in [-0.2, -0.15) is 0 Å². The Morgan fingerprint density at radius 3 is 1.94 bits per heavy atom. The lowest BCUT2D eigenvalue weighted by Crippen LogP contribution is -2.66. The number of carbonyl (C=O) groups excluding carboxylic acids is 2. The predicted octanol–water partition coefficient (Wildman–Crippen LogP) is -2.91. The Morgan fingerprint density at radius 2 is 1.29 bits per heavy atom. The van der Waals surface area contributed by atoms with Gasteiger partial charge < -0.3 is 89.3 Å². The van der Waals surface area contributed by atoms with Crippen molar-refractivity contribution in [3.05, 3.63) is 12.2 Å². The quantitative estimate of drug-likeness (QED) is 0.0405. The molecule has 0 amide bonds. The highest BCUT2D eigenvalue weighted by Crippen LogP contribution is 2.73. The molecule has 7 rings (SSSR count). The van der Waals surface area contributed by atoms with Gasteiger partial charge in [0.1, 0.15) is 86.3 Å². The van der Waals surface area contributed by atoms with Crippen LogP contribution < -0.4 is 0 Å². The number of hydrogen-bond donors (Lipinski definition) is 11. The number of carbonyl (C=O) groups is 3. The summed E-state index contributed by atoms with van der Waals surface area (Å²) in [5.74, 6) is -3.34. The fourth-order valence-corrected chi connectivity index (χ4v) is 12.4. The van der Waals surface area contributed by atoms with Crippen LogP contribution in [0.2, 0.25) is 0 Å². The van der Waals surface area contributed by atoms with Gasteiger partial charge in [0.25, 0.3) is 0 Å². The van der Waals surface area contributed by atoms with E-state index in [-0.39, 0.29) is 22.7 Å². The van der Waals surface area contributed by atoms with E-state index in [9.17, 15) is 65.4 Å². The molecule has 21 nitrogen and oxygen atoms in total. The zero-order valence-electron chi connectivity index (χ0n) is 34.7. The molecule has 0 aromatic carbocycles. The zero-order valence-corrected chi connectivity index (χ0v) is 34.7. The second kappa shape index (κ2) is 17.7. The molecule has 3 aliphatic heterocycles. The first-order valence-electron chi connectivity index (χ1n) is 21.4. The average molecular weight is 891 g/mol. The minimum Gasteiger partial charge on any atom is -0.481 e. The summed E-state index contributed by atoms with van der Waals surface area (Å²) >= 11 is 0. The minimum absolute atomic E-state index is 0.0709. The van der Waals surface area contributed by atoms with Gasteiger partial charge >= 0.3 is 17.9 Å². The van der Waals surface area contributed by atoms with E-state index in [1.807, 2.05) is 6.92 Å². The Bertz CT molecular complexity index is 1680. The van der Waals surface area contributed by atoms with E-state index in [0.717, 1.165) is 12.0 Å². The predicted molar refractivity (Wildman–Crippen MR) is 203 cm³/mol. The van der Waals surface area contributed by atoms with Crippen LogP contribution in [0.4, 0.5) is 0 Å². The van der Waals surface area contributed by atoms with Gasteiger partial charge in [0.05, 0.1) is 24.2 Å². The fourth-order valence-electron chi connectivity index (χ4n) is 12.4. The van der Waals surface area contributed by atoms with Gasteiger partial charge in [-0.15, -0.1) is 0 Å². The van der Waals surface area contributed by atoms with Gasteiger partial charge in [-0.05, 0) is 86.5 Å². The molecule has 0 radical (unpaired) electrons. The molecular weight excluding hydrogens is 828 g/mol. The van der Waals surface area contributed by atoms with E-state index in [0.29, 0.717) is 51.4 Å². The third-order valence-corrected chi connectivity index (χ3v) is 15.5. The Kier molecular flexibility index (Phi) is 13.6. The van der Waals surface area contributed by atoms with Gasteiger partial charge in [-0.3, -0.25) is 14.4 Å². The van der Waals surface area contributed by atoms with Crippen LogP contribution >= 0.6 is 0 Å². The molecule has 0 aromatic rings. The van der Waals surface area contributed by atoms with Crippen molar-refractivity contribution in [1.29, 1.82) is 0 Å². The maximum Gasteiger partial charge on any atom is 0.317 e.